The summed E-state index contributed by atoms with van der Waals surface area (Å²) in [7, 11) is -1.36. The summed E-state index contributed by atoms with van der Waals surface area (Å²) in [5.41, 5.74) is 0.775. The summed E-state index contributed by atoms with van der Waals surface area (Å²) in [6, 6.07) is 13.7. The van der Waals surface area contributed by atoms with Crippen molar-refractivity contribution in [3.63, 3.8) is 0 Å². The molecule has 0 saturated carbocycles. The third-order valence-corrected chi connectivity index (χ3v) is 5.05. The molecular weight excluding hydrogens is 335 g/mol. The van der Waals surface area contributed by atoms with Crippen LogP contribution in [0.4, 0.5) is 13.2 Å². The molecule has 130 valence electrons. The molecule has 0 aromatic heterocycles. The lowest BCUT2D eigenvalue weighted by Gasteiger charge is -2.25. The Morgan fingerprint density at radius 2 is 1.38 bits per heavy atom. The van der Waals surface area contributed by atoms with Crippen molar-refractivity contribution in [3.8, 4) is 0 Å². The lowest BCUT2D eigenvalue weighted by molar-refractivity contribution is -0.137. The number of benzene rings is 2. The molecule has 0 aliphatic carbocycles. The van der Waals surface area contributed by atoms with Gasteiger partial charge in [-0.3, -0.25) is 0 Å². The molecule has 1 unspecified atom stereocenters. The van der Waals surface area contributed by atoms with Gasteiger partial charge in [0.1, 0.15) is 0 Å². The van der Waals surface area contributed by atoms with Crippen LogP contribution < -0.4 is 4.72 Å². The highest BCUT2D eigenvalue weighted by Crippen LogP contribution is 2.31. The van der Waals surface area contributed by atoms with Crippen LogP contribution in [0.25, 0.3) is 0 Å². The van der Waals surface area contributed by atoms with Crippen LogP contribution in [-0.2, 0) is 17.2 Å². The van der Waals surface area contributed by atoms with Gasteiger partial charge in [-0.2, -0.15) is 13.2 Å². The Morgan fingerprint density at radius 1 is 0.875 bits per heavy atom. The van der Waals surface area contributed by atoms with Gasteiger partial charge in [0.25, 0.3) is 0 Å². The smallest absolute Gasteiger partial charge is 0.242 e. The van der Waals surface area contributed by atoms with Crippen LogP contribution in [0, 0.1) is 0 Å². The van der Waals surface area contributed by atoms with Crippen LogP contribution in [0.2, 0.25) is 0 Å². The Labute approximate surface area is 142 Å². The molecule has 0 radical (unpaired) electrons. The van der Waals surface area contributed by atoms with Gasteiger partial charge in [-0.05, 0) is 44.0 Å². The molecule has 6 heteroatoms. The standard InChI is InChI=1S/C18H20F3NOS/c1-17(2,3)24(23)22-16(13-7-5-4-6-8-13)14-9-11-15(12-10-14)18(19,20)21/h4-12,16,22H,1-3H3/t16-,24?/m0/s1. The van der Waals surface area contributed by atoms with E-state index in [1.807, 2.05) is 51.1 Å². The minimum Gasteiger partial charge on any atom is -0.242 e. The Hall–Kier alpha value is -1.66. The Kier molecular flexibility index (Phi) is 5.50. The van der Waals surface area contributed by atoms with E-state index >= 15 is 0 Å². The van der Waals surface area contributed by atoms with E-state index in [0.29, 0.717) is 5.56 Å². The van der Waals surface area contributed by atoms with E-state index < -0.39 is 33.5 Å². The number of hydrogen-bond acceptors (Lipinski definition) is 1. The molecule has 0 amide bonds. The van der Waals surface area contributed by atoms with E-state index in [1.54, 1.807) is 0 Å². The SMILES string of the molecule is CC(C)(C)S(=O)N[C@@H](c1ccccc1)c1ccc(C(F)(F)F)cc1. The average molecular weight is 355 g/mol. The molecule has 0 fully saturated rings. The average Bonchev–Trinajstić information content (AvgIpc) is 2.51. The van der Waals surface area contributed by atoms with Crippen molar-refractivity contribution < 1.29 is 17.4 Å². The van der Waals surface area contributed by atoms with Gasteiger partial charge in [0.05, 0.1) is 27.3 Å². The molecule has 0 saturated heterocycles. The first-order valence-electron chi connectivity index (χ1n) is 7.49. The lowest BCUT2D eigenvalue weighted by Crippen LogP contribution is -2.36. The number of halogens is 3. The van der Waals surface area contributed by atoms with E-state index in [2.05, 4.69) is 4.72 Å². The fourth-order valence-corrected chi connectivity index (χ4v) is 2.96. The minimum absolute atomic E-state index is 0.450. The largest absolute Gasteiger partial charge is 0.416 e. The van der Waals surface area contributed by atoms with E-state index in [9.17, 15) is 17.4 Å². The maximum atomic E-state index is 12.7. The molecule has 2 nitrogen and oxygen atoms in total. The van der Waals surface area contributed by atoms with Crippen LogP contribution in [-0.4, -0.2) is 8.96 Å². The van der Waals surface area contributed by atoms with Crippen molar-refractivity contribution >= 4 is 11.0 Å². The quantitative estimate of drug-likeness (QED) is 0.835. The van der Waals surface area contributed by atoms with Crippen molar-refractivity contribution in [1.82, 2.24) is 4.72 Å². The first-order valence-corrected chi connectivity index (χ1v) is 8.64. The third-order valence-electron chi connectivity index (χ3n) is 3.49. The van der Waals surface area contributed by atoms with Crippen LogP contribution in [0.15, 0.2) is 54.6 Å². The topological polar surface area (TPSA) is 29.1 Å². The number of alkyl halides is 3. The van der Waals surface area contributed by atoms with Gasteiger partial charge in [0.2, 0.25) is 0 Å². The van der Waals surface area contributed by atoms with Crippen molar-refractivity contribution in [2.75, 3.05) is 0 Å². The van der Waals surface area contributed by atoms with Crippen molar-refractivity contribution in [3.05, 3.63) is 71.3 Å². The van der Waals surface area contributed by atoms with Crippen molar-refractivity contribution in [2.24, 2.45) is 0 Å². The van der Waals surface area contributed by atoms with Gasteiger partial charge in [-0.15, -0.1) is 0 Å². The second-order valence-electron chi connectivity index (χ2n) is 6.46. The lowest BCUT2D eigenvalue weighted by atomic mass is 9.98. The Morgan fingerprint density at radius 3 is 1.83 bits per heavy atom. The highest BCUT2D eigenvalue weighted by molar-refractivity contribution is 7.84. The van der Waals surface area contributed by atoms with Gasteiger partial charge in [0.15, 0.2) is 0 Å². The van der Waals surface area contributed by atoms with Crippen LogP contribution in [0.1, 0.15) is 43.5 Å². The first-order chi connectivity index (χ1) is 11.1. The second kappa shape index (κ2) is 7.07. The van der Waals surface area contributed by atoms with E-state index in [4.69, 9.17) is 0 Å². The molecule has 0 aliphatic heterocycles. The van der Waals surface area contributed by atoms with Crippen LogP contribution in [0.5, 0.6) is 0 Å². The van der Waals surface area contributed by atoms with E-state index in [-0.39, 0.29) is 0 Å². The van der Waals surface area contributed by atoms with Gasteiger partial charge in [-0.25, -0.2) is 8.93 Å². The molecular formula is C18H20F3NOS. The van der Waals surface area contributed by atoms with Gasteiger partial charge < -0.3 is 0 Å². The summed E-state index contributed by atoms with van der Waals surface area (Å²) in [4.78, 5) is 0. The molecule has 0 spiro atoms. The number of hydrogen-bond donors (Lipinski definition) is 1. The third kappa shape index (κ3) is 4.68. The van der Waals surface area contributed by atoms with E-state index in [1.165, 1.54) is 12.1 Å². The normalized spacial score (nSPS) is 15.1. The molecule has 2 aromatic rings. The molecule has 2 atom stereocenters. The highest BCUT2D eigenvalue weighted by Gasteiger charge is 2.31. The molecule has 1 N–H and O–H groups in total. The molecule has 24 heavy (non-hydrogen) atoms. The van der Waals surface area contributed by atoms with Crippen LogP contribution in [0.3, 0.4) is 0 Å². The summed E-state index contributed by atoms with van der Waals surface area (Å²) in [5.74, 6) is 0. The monoisotopic (exact) mass is 355 g/mol. The Bertz CT molecular complexity index is 691. The van der Waals surface area contributed by atoms with Crippen molar-refractivity contribution in [1.29, 1.82) is 0 Å². The second-order valence-corrected chi connectivity index (χ2v) is 8.46. The molecule has 2 rings (SSSR count). The molecule has 0 bridgehead atoms. The fourth-order valence-electron chi connectivity index (χ4n) is 2.12. The number of nitrogens with one attached hydrogen (secondary N) is 1. The Balaban J connectivity index is 2.38. The minimum atomic E-state index is -4.37. The summed E-state index contributed by atoms with van der Waals surface area (Å²) in [6.45, 7) is 5.51. The summed E-state index contributed by atoms with van der Waals surface area (Å²) in [5, 5.41) is 0. The summed E-state index contributed by atoms with van der Waals surface area (Å²) >= 11 is 0. The van der Waals surface area contributed by atoms with Crippen molar-refractivity contribution in [2.45, 2.75) is 37.7 Å². The molecule has 2 aromatic carbocycles. The fraction of sp³-hybridized carbons (Fsp3) is 0.333. The van der Waals surface area contributed by atoms with Gasteiger partial charge in [-0.1, -0.05) is 42.5 Å². The maximum absolute atomic E-state index is 12.7. The zero-order valence-corrected chi connectivity index (χ0v) is 14.5. The molecule has 0 aliphatic rings. The zero-order valence-electron chi connectivity index (χ0n) is 13.7. The van der Waals surface area contributed by atoms with Gasteiger partial charge in [0, 0.05) is 0 Å². The summed E-state index contributed by atoms with van der Waals surface area (Å²) < 4.78 is 53.3. The summed E-state index contributed by atoms with van der Waals surface area (Å²) in [6.07, 6.45) is -4.37. The van der Waals surface area contributed by atoms with E-state index in [0.717, 1.165) is 17.7 Å². The molecule has 0 heterocycles. The predicted molar refractivity (Wildman–Crippen MR) is 90.8 cm³/mol. The highest BCUT2D eigenvalue weighted by atomic mass is 32.2. The van der Waals surface area contributed by atoms with Crippen LogP contribution >= 0.6 is 0 Å². The predicted octanol–water partition coefficient (Wildman–Crippen LogP) is 4.85. The first kappa shape index (κ1) is 18.7. The van der Waals surface area contributed by atoms with Gasteiger partial charge >= 0.3 is 6.18 Å². The number of rotatable bonds is 4. The zero-order chi connectivity index (χ0) is 18.0. The maximum Gasteiger partial charge on any atom is 0.416 e.